The van der Waals surface area contributed by atoms with Crippen LogP contribution in [0.25, 0.3) is 0 Å². The van der Waals surface area contributed by atoms with Gasteiger partial charge in [0.1, 0.15) is 0 Å². The highest BCUT2D eigenvalue weighted by Crippen LogP contribution is 2.13. The lowest BCUT2D eigenvalue weighted by atomic mass is 10.1. The maximum Gasteiger partial charge on any atom is 0.255 e. The van der Waals surface area contributed by atoms with Crippen LogP contribution in [0.4, 0.5) is 5.69 Å². The van der Waals surface area contributed by atoms with Crippen molar-refractivity contribution in [1.82, 2.24) is 0 Å². The molecule has 0 fully saturated rings. The van der Waals surface area contributed by atoms with Crippen molar-refractivity contribution in [3.8, 4) is 0 Å². The van der Waals surface area contributed by atoms with Crippen molar-refractivity contribution in [3.05, 3.63) is 64.7 Å². The van der Waals surface area contributed by atoms with Crippen LogP contribution in [0.2, 0.25) is 0 Å². The van der Waals surface area contributed by atoms with Gasteiger partial charge in [-0.05, 0) is 54.8 Å². The van der Waals surface area contributed by atoms with Crippen molar-refractivity contribution in [3.63, 3.8) is 0 Å². The van der Waals surface area contributed by atoms with Crippen molar-refractivity contribution in [1.29, 1.82) is 0 Å². The molecule has 0 radical (unpaired) electrons. The molecule has 0 aromatic heterocycles. The summed E-state index contributed by atoms with van der Waals surface area (Å²) < 4.78 is 0. The van der Waals surface area contributed by atoms with Crippen molar-refractivity contribution in [2.75, 3.05) is 5.32 Å². The Labute approximate surface area is 117 Å². The molecule has 0 unspecified atom stereocenters. The second kappa shape index (κ2) is 5.57. The standard InChI is InChI=1S/C16H15NO3/c1-10-3-4-13(9-11(10)2)15(18)17-14-7-5-12(6-8-14)16(19)20/h3-9H,1-2H3,(H,17,18)(H,19,20)/p-1. The van der Waals surface area contributed by atoms with E-state index in [0.717, 1.165) is 11.1 Å². The van der Waals surface area contributed by atoms with E-state index in [-0.39, 0.29) is 11.5 Å². The van der Waals surface area contributed by atoms with Crippen LogP contribution in [0.1, 0.15) is 31.8 Å². The molecule has 20 heavy (non-hydrogen) atoms. The predicted octanol–water partition coefficient (Wildman–Crippen LogP) is 1.92. The molecule has 1 amide bonds. The molecular weight excluding hydrogens is 254 g/mol. The van der Waals surface area contributed by atoms with Crippen LogP contribution < -0.4 is 10.4 Å². The van der Waals surface area contributed by atoms with Crippen molar-refractivity contribution < 1.29 is 14.7 Å². The Morgan fingerprint density at radius 3 is 2.05 bits per heavy atom. The summed E-state index contributed by atoms with van der Waals surface area (Å²) in [5.41, 5.74) is 3.36. The van der Waals surface area contributed by atoms with Crippen molar-refractivity contribution in [2.24, 2.45) is 0 Å². The Bertz CT molecular complexity index is 660. The molecule has 2 aromatic carbocycles. The molecule has 0 saturated heterocycles. The monoisotopic (exact) mass is 268 g/mol. The molecule has 0 atom stereocenters. The highest BCUT2D eigenvalue weighted by Gasteiger charge is 2.07. The summed E-state index contributed by atoms with van der Waals surface area (Å²) in [5, 5.41) is 13.3. The third-order valence-corrected chi connectivity index (χ3v) is 3.15. The van der Waals surface area contributed by atoms with Gasteiger partial charge in [0.2, 0.25) is 0 Å². The number of amides is 1. The second-order valence-electron chi connectivity index (χ2n) is 4.62. The Balaban J connectivity index is 2.14. The summed E-state index contributed by atoms with van der Waals surface area (Å²) >= 11 is 0. The van der Waals surface area contributed by atoms with E-state index in [1.165, 1.54) is 24.3 Å². The number of nitrogens with one attached hydrogen (secondary N) is 1. The van der Waals surface area contributed by atoms with E-state index in [0.29, 0.717) is 11.3 Å². The van der Waals surface area contributed by atoms with Crippen molar-refractivity contribution in [2.45, 2.75) is 13.8 Å². The number of carbonyl (C=O) groups is 2. The van der Waals surface area contributed by atoms with E-state index in [1.54, 1.807) is 6.07 Å². The van der Waals surface area contributed by atoms with E-state index in [9.17, 15) is 14.7 Å². The van der Waals surface area contributed by atoms with Crippen LogP contribution in [0, 0.1) is 13.8 Å². The first-order valence-electron chi connectivity index (χ1n) is 6.17. The highest BCUT2D eigenvalue weighted by atomic mass is 16.4. The summed E-state index contributed by atoms with van der Waals surface area (Å²) in [6.45, 7) is 3.93. The van der Waals surface area contributed by atoms with Crippen LogP contribution >= 0.6 is 0 Å². The Kier molecular flexibility index (Phi) is 3.84. The Morgan fingerprint density at radius 2 is 1.50 bits per heavy atom. The minimum absolute atomic E-state index is 0.0779. The van der Waals surface area contributed by atoms with Gasteiger partial charge in [0.05, 0.1) is 5.97 Å². The van der Waals surface area contributed by atoms with Gasteiger partial charge in [-0.3, -0.25) is 4.79 Å². The average molecular weight is 268 g/mol. The van der Waals surface area contributed by atoms with Gasteiger partial charge in [-0.2, -0.15) is 0 Å². The first-order chi connectivity index (χ1) is 9.47. The molecule has 0 aliphatic rings. The molecule has 4 heteroatoms. The SMILES string of the molecule is Cc1ccc(C(=O)Nc2ccc(C(=O)[O-])cc2)cc1C. The number of carboxylic acids is 1. The molecule has 1 N–H and O–H groups in total. The number of aryl methyl sites for hydroxylation is 2. The summed E-state index contributed by atoms with van der Waals surface area (Å²) in [5.74, 6) is -1.47. The number of carboxylic acid groups (broad SMARTS) is 1. The highest BCUT2D eigenvalue weighted by molar-refractivity contribution is 6.04. The molecule has 0 bridgehead atoms. The summed E-state index contributed by atoms with van der Waals surface area (Å²) in [6.07, 6.45) is 0. The maximum atomic E-state index is 12.1. The number of carbonyl (C=O) groups excluding carboxylic acids is 2. The molecule has 0 aliphatic carbocycles. The van der Waals surface area contributed by atoms with Crippen LogP contribution in [0.15, 0.2) is 42.5 Å². The fourth-order valence-electron chi connectivity index (χ4n) is 1.78. The van der Waals surface area contributed by atoms with Gasteiger partial charge in [0, 0.05) is 11.3 Å². The molecule has 4 nitrogen and oxygen atoms in total. The van der Waals surface area contributed by atoms with Crippen LogP contribution in [0.3, 0.4) is 0 Å². The molecule has 2 aromatic rings. The number of rotatable bonds is 3. The second-order valence-corrected chi connectivity index (χ2v) is 4.62. The maximum absolute atomic E-state index is 12.1. The molecule has 0 spiro atoms. The quantitative estimate of drug-likeness (QED) is 0.924. The molecule has 102 valence electrons. The van der Waals surface area contributed by atoms with Gasteiger partial charge in [-0.25, -0.2) is 0 Å². The predicted molar refractivity (Wildman–Crippen MR) is 74.6 cm³/mol. The van der Waals surface area contributed by atoms with Crippen LogP contribution in [-0.2, 0) is 0 Å². The molecular formula is C16H14NO3-. The smallest absolute Gasteiger partial charge is 0.255 e. The lowest BCUT2D eigenvalue weighted by Gasteiger charge is -2.08. The zero-order valence-corrected chi connectivity index (χ0v) is 11.3. The van der Waals surface area contributed by atoms with Gasteiger partial charge in [-0.1, -0.05) is 18.2 Å². The van der Waals surface area contributed by atoms with E-state index in [2.05, 4.69) is 5.32 Å². The van der Waals surface area contributed by atoms with Gasteiger partial charge < -0.3 is 15.2 Å². The molecule has 0 heterocycles. The third kappa shape index (κ3) is 3.03. The molecule has 2 rings (SSSR count). The summed E-state index contributed by atoms with van der Waals surface area (Å²) in [4.78, 5) is 22.7. The number of hydrogen-bond donors (Lipinski definition) is 1. The zero-order valence-electron chi connectivity index (χ0n) is 11.3. The normalized spacial score (nSPS) is 10.1. The summed E-state index contributed by atoms with van der Waals surface area (Å²) in [6, 6.07) is 11.3. The van der Waals surface area contributed by atoms with Gasteiger partial charge >= 0.3 is 0 Å². The number of anilines is 1. The van der Waals surface area contributed by atoms with E-state index in [4.69, 9.17) is 0 Å². The average Bonchev–Trinajstić information content (AvgIpc) is 2.42. The summed E-state index contributed by atoms with van der Waals surface area (Å²) in [7, 11) is 0. The topological polar surface area (TPSA) is 69.2 Å². The number of benzene rings is 2. The number of hydrogen-bond acceptors (Lipinski definition) is 3. The van der Waals surface area contributed by atoms with Crippen molar-refractivity contribution >= 4 is 17.6 Å². The van der Waals surface area contributed by atoms with Gasteiger partial charge in [0.15, 0.2) is 0 Å². The minimum atomic E-state index is -1.24. The fraction of sp³-hybridized carbons (Fsp3) is 0.125. The minimum Gasteiger partial charge on any atom is -0.545 e. The van der Waals surface area contributed by atoms with Crippen LogP contribution in [0.5, 0.6) is 0 Å². The third-order valence-electron chi connectivity index (χ3n) is 3.15. The van der Waals surface area contributed by atoms with Gasteiger partial charge in [-0.15, -0.1) is 0 Å². The Morgan fingerprint density at radius 1 is 0.900 bits per heavy atom. The molecule has 0 saturated carbocycles. The fourth-order valence-corrected chi connectivity index (χ4v) is 1.78. The lowest BCUT2D eigenvalue weighted by molar-refractivity contribution is -0.255. The first kappa shape index (κ1) is 13.8. The van der Waals surface area contributed by atoms with E-state index in [1.807, 2.05) is 26.0 Å². The number of aromatic carboxylic acids is 1. The van der Waals surface area contributed by atoms with Gasteiger partial charge in [0.25, 0.3) is 5.91 Å². The molecule has 0 aliphatic heterocycles. The van der Waals surface area contributed by atoms with E-state index >= 15 is 0 Å². The zero-order chi connectivity index (χ0) is 14.7. The first-order valence-corrected chi connectivity index (χ1v) is 6.17. The largest absolute Gasteiger partial charge is 0.545 e. The van der Waals surface area contributed by atoms with Crippen LogP contribution in [-0.4, -0.2) is 11.9 Å². The lowest BCUT2D eigenvalue weighted by Crippen LogP contribution is -2.22. The Hall–Kier alpha value is -2.62. The van der Waals surface area contributed by atoms with E-state index < -0.39 is 5.97 Å².